The summed E-state index contributed by atoms with van der Waals surface area (Å²) in [6.07, 6.45) is 3.76. The van der Waals surface area contributed by atoms with Crippen molar-refractivity contribution in [1.82, 2.24) is 19.9 Å². The molecule has 136 valence electrons. The molecule has 0 bridgehead atoms. The fourth-order valence-electron chi connectivity index (χ4n) is 2.78. The first-order valence-corrected chi connectivity index (χ1v) is 10.2. The van der Waals surface area contributed by atoms with Gasteiger partial charge in [-0.25, -0.2) is 15.0 Å². The molecule has 1 aromatic carbocycles. The third-order valence-electron chi connectivity index (χ3n) is 3.90. The molecule has 1 amide bonds. The number of rotatable bonds is 5. The van der Waals surface area contributed by atoms with E-state index in [0.29, 0.717) is 10.3 Å². The van der Waals surface area contributed by atoms with E-state index in [4.69, 9.17) is 0 Å². The van der Waals surface area contributed by atoms with Crippen molar-refractivity contribution in [2.45, 2.75) is 19.0 Å². The number of para-hydroxylation sites is 1. The molecule has 0 saturated heterocycles. The predicted molar refractivity (Wildman–Crippen MR) is 110 cm³/mol. The number of hydrogen-bond acceptors (Lipinski definition) is 6. The van der Waals surface area contributed by atoms with E-state index >= 15 is 0 Å². The lowest BCUT2D eigenvalue weighted by Crippen LogP contribution is -2.14. The summed E-state index contributed by atoms with van der Waals surface area (Å²) in [5.74, 6) is 0.118. The second-order valence-corrected chi connectivity index (χ2v) is 8.02. The average molecular weight is 396 g/mol. The van der Waals surface area contributed by atoms with Crippen LogP contribution in [0.3, 0.4) is 0 Å². The van der Waals surface area contributed by atoms with Crippen LogP contribution >= 0.6 is 23.1 Å². The molecule has 0 spiro atoms. The van der Waals surface area contributed by atoms with Crippen molar-refractivity contribution in [1.29, 1.82) is 0 Å². The van der Waals surface area contributed by atoms with Gasteiger partial charge in [-0.15, -0.1) is 0 Å². The fourth-order valence-corrected chi connectivity index (χ4v) is 4.39. The van der Waals surface area contributed by atoms with Crippen LogP contribution in [-0.4, -0.2) is 31.6 Å². The molecule has 3 aromatic heterocycles. The van der Waals surface area contributed by atoms with Crippen LogP contribution in [0, 0.1) is 13.8 Å². The van der Waals surface area contributed by atoms with E-state index in [-0.39, 0.29) is 11.7 Å². The van der Waals surface area contributed by atoms with E-state index in [1.807, 2.05) is 44.3 Å². The largest absolute Gasteiger partial charge is 0.361 e. The Balaban J connectivity index is 1.42. The standard InChI is InChI=1S/C19H17N5OS2/c1-11-7-12(2)23-19(22-11)26-10-17(25)24-18-21-9-16(27-18)14-8-20-15-6-4-3-5-13(14)15/h3-9,20H,10H2,1-2H3,(H,21,24,25). The van der Waals surface area contributed by atoms with Crippen molar-refractivity contribution in [2.24, 2.45) is 0 Å². The molecular formula is C19H17N5OS2. The number of aryl methyl sites for hydroxylation is 2. The summed E-state index contributed by atoms with van der Waals surface area (Å²) in [4.78, 5) is 29.5. The summed E-state index contributed by atoms with van der Waals surface area (Å²) in [6.45, 7) is 3.83. The van der Waals surface area contributed by atoms with Crippen LogP contribution in [-0.2, 0) is 4.79 Å². The minimum Gasteiger partial charge on any atom is -0.361 e. The molecular weight excluding hydrogens is 378 g/mol. The van der Waals surface area contributed by atoms with Crippen molar-refractivity contribution in [2.75, 3.05) is 11.1 Å². The smallest absolute Gasteiger partial charge is 0.236 e. The Morgan fingerprint density at radius 3 is 2.81 bits per heavy atom. The number of aromatic amines is 1. The van der Waals surface area contributed by atoms with Crippen LogP contribution in [0.4, 0.5) is 5.13 Å². The van der Waals surface area contributed by atoms with Crippen LogP contribution in [0.25, 0.3) is 21.3 Å². The van der Waals surface area contributed by atoms with Gasteiger partial charge in [0.15, 0.2) is 10.3 Å². The van der Waals surface area contributed by atoms with Gasteiger partial charge in [0.05, 0.1) is 10.6 Å². The topological polar surface area (TPSA) is 83.6 Å². The zero-order valence-corrected chi connectivity index (χ0v) is 16.4. The summed E-state index contributed by atoms with van der Waals surface area (Å²) in [6, 6.07) is 10.0. The van der Waals surface area contributed by atoms with Gasteiger partial charge in [0, 0.05) is 40.2 Å². The van der Waals surface area contributed by atoms with Gasteiger partial charge in [-0.1, -0.05) is 41.3 Å². The molecule has 27 heavy (non-hydrogen) atoms. The number of hydrogen-bond donors (Lipinski definition) is 2. The van der Waals surface area contributed by atoms with E-state index in [1.54, 1.807) is 6.20 Å². The van der Waals surface area contributed by atoms with Crippen LogP contribution in [0.1, 0.15) is 11.4 Å². The van der Waals surface area contributed by atoms with Crippen molar-refractivity contribution in [3.63, 3.8) is 0 Å². The first kappa shape index (κ1) is 17.7. The SMILES string of the molecule is Cc1cc(C)nc(SCC(=O)Nc2ncc(-c3c[nH]c4ccccc34)s2)n1. The number of H-pyrrole nitrogens is 1. The maximum absolute atomic E-state index is 12.2. The maximum atomic E-state index is 12.2. The number of nitrogens with one attached hydrogen (secondary N) is 2. The number of carbonyl (C=O) groups is 1. The van der Waals surface area contributed by atoms with Gasteiger partial charge < -0.3 is 10.3 Å². The minimum atomic E-state index is -0.123. The fraction of sp³-hybridized carbons (Fsp3) is 0.158. The molecule has 0 fully saturated rings. The summed E-state index contributed by atoms with van der Waals surface area (Å²) in [5.41, 5.74) is 3.96. The van der Waals surface area contributed by atoms with Crippen LogP contribution in [0.15, 0.2) is 47.9 Å². The summed E-state index contributed by atoms with van der Waals surface area (Å²) in [7, 11) is 0. The Hall–Kier alpha value is -2.71. The first-order chi connectivity index (χ1) is 13.1. The van der Waals surface area contributed by atoms with E-state index in [9.17, 15) is 4.79 Å². The molecule has 0 unspecified atom stereocenters. The number of amides is 1. The number of benzene rings is 1. The summed E-state index contributed by atoms with van der Waals surface area (Å²) >= 11 is 2.78. The molecule has 4 rings (SSSR count). The highest BCUT2D eigenvalue weighted by Crippen LogP contribution is 2.34. The lowest BCUT2D eigenvalue weighted by atomic mass is 10.1. The summed E-state index contributed by atoms with van der Waals surface area (Å²) in [5, 5.41) is 5.19. The highest BCUT2D eigenvalue weighted by atomic mass is 32.2. The normalized spacial score (nSPS) is 11.0. The van der Waals surface area contributed by atoms with E-state index in [1.165, 1.54) is 23.1 Å². The minimum absolute atomic E-state index is 0.123. The zero-order chi connectivity index (χ0) is 18.8. The number of thiazole rings is 1. The number of aromatic nitrogens is 4. The Morgan fingerprint density at radius 1 is 1.22 bits per heavy atom. The number of fused-ring (bicyclic) bond motifs is 1. The van der Waals surface area contributed by atoms with E-state index in [0.717, 1.165) is 32.7 Å². The zero-order valence-electron chi connectivity index (χ0n) is 14.8. The number of anilines is 1. The van der Waals surface area contributed by atoms with Crippen molar-refractivity contribution >= 4 is 45.0 Å². The summed E-state index contributed by atoms with van der Waals surface area (Å²) < 4.78 is 0. The number of nitrogens with zero attached hydrogens (tertiary/aromatic N) is 3. The Morgan fingerprint density at radius 2 is 2.00 bits per heavy atom. The second-order valence-electron chi connectivity index (χ2n) is 6.05. The molecule has 0 aliphatic heterocycles. The maximum Gasteiger partial charge on any atom is 0.236 e. The van der Waals surface area contributed by atoms with Gasteiger partial charge >= 0.3 is 0 Å². The molecule has 0 atom stereocenters. The molecule has 0 aliphatic carbocycles. The van der Waals surface area contributed by atoms with Gasteiger partial charge in [0.2, 0.25) is 5.91 Å². The van der Waals surface area contributed by atoms with E-state index in [2.05, 4.69) is 31.3 Å². The van der Waals surface area contributed by atoms with Crippen molar-refractivity contribution in [3.8, 4) is 10.4 Å². The third-order valence-corrected chi connectivity index (χ3v) is 5.69. The van der Waals surface area contributed by atoms with Gasteiger partial charge in [-0.3, -0.25) is 4.79 Å². The Kier molecular flexibility index (Phi) is 4.91. The van der Waals surface area contributed by atoms with Crippen LogP contribution in [0.2, 0.25) is 0 Å². The molecule has 3 heterocycles. The van der Waals surface area contributed by atoms with Crippen LogP contribution in [0.5, 0.6) is 0 Å². The number of thioether (sulfide) groups is 1. The van der Waals surface area contributed by atoms with Crippen molar-refractivity contribution in [3.05, 3.63) is 54.1 Å². The molecule has 8 heteroatoms. The molecule has 0 radical (unpaired) electrons. The number of carbonyl (C=O) groups excluding carboxylic acids is 1. The Labute approximate surface area is 164 Å². The average Bonchev–Trinajstić information content (AvgIpc) is 3.25. The monoisotopic (exact) mass is 395 g/mol. The molecule has 0 aliphatic rings. The quantitative estimate of drug-likeness (QED) is 0.386. The Bertz CT molecular complexity index is 1100. The highest BCUT2D eigenvalue weighted by molar-refractivity contribution is 7.99. The van der Waals surface area contributed by atoms with Crippen LogP contribution < -0.4 is 5.32 Å². The van der Waals surface area contributed by atoms with Gasteiger partial charge in [0.1, 0.15) is 0 Å². The molecule has 0 saturated carbocycles. The van der Waals surface area contributed by atoms with Gasteiger partial charge in [-0.2, -0.15) is 0 Å². The highest BCUT2D eigenvalue weighted by Gasteiger charge is 2.12. The third kappa shape index (κ3) is 4.01. The lowest BCUT2D eigenvalue weighted by molar-refractivity contribution is -0.113. The molecule has 6 nitrogen and oxygen atoms in total. The molecule has 2 N–H and O–H groups in total. The van der Waals surface area contributed by atoms with E-state index < -0.39 is 0 Å². The molecule has 4 aromatic rings. The van der Waals surface area contributed by atoms with Crippen molar-refractivity contribution < 1.29 is 4.79 Å². The second kappa shape index (κ2) is 7.50. The van der Waals surface area contributed by atoms with Gasteiger partial charge in [-0.05, 0) is 26.0 Å². The predicted octanol–water partition coefficient (Wildman–Crippen LogP) is 4.43. The van der Waals surface area contributed by atoms with Gasteiger partial charge in [0.25, 0.3) is 0 Å². The first-order valence-electron chi connectivity index (χ1n) is 8.36. The lowest BCUT2D eigenvalue weighted by Gasteiger charge is -2.03.